The Balaban J connectivity index is 1.45. The largest absolute Gasteiger partial charge is 0.394 e. The van der Waals surface area contributed by atoms with Crippen molar-refractivity contribution in [3.05, 3.63) is 0 Å². The summed E-state index contributed by atoms with van der Waals surface area (Å²) >= 11 is 0. The van der Waals surface area contributed by atoms with Gasteiger partial charge in [0, 0.05) is 0 Å². The lowest BCUT2D eigenvalue weighted by atomic mass is 9.94. The number of ether oxygens (including phenoxy) is 6. The molecule has 11 nitrogen and oxygen atoms in total. The number of rotatable bonds is 33. The summed E-state index contributed by atoms with van der Waals surface area (Å²) in [6.45, 7) is 7.43. The Labute approximate surface area is 340 Å². The third-order valence-corrected chi connectivity index (χ3v) is 12.2. The van der Waals surface area contributed by atoms with E-state index in [1.54, 1.807) is 13.8 Å². The number of aliphatic hydroxyl groups excluding tert-OH is 5. The van der Waals surface area contributed by atoms with Crippen LogP contribution in [0.1, 0.15) is 195 Å². The molecule has 0 bridgehead atoms. The van der Waals surface area contributed by atoms with Gasteiger partial charge in [0.2, 0.25) is 0 Å². The van der Waals surface area contributed by atoms with Crippen LogP contribution >= 0.6 is 0 Å². The van der Waals surface area contributed by atoms with Crippen molar-refractivity contribution in [2.75, 3.05) is 19.8 Å². The van der Waals surface area contributed by atoms with Gasteiger partial charge >= 0.3 is 0 Å². The Morgan fingerprint density at radius 2 is 0.911 bits per heavy atom. The van der Waals surface area contributed by atoms with Crippen molar-refractivity contribution >= 4 is 0 Å². The molecule has 332 valence electrons. The van der Waals surface area contributed by atoms with E-state index in [1.165, 1.54) is 141 Å². The van der Waals surface area contributed by atoms with E-state index >= 15 is 0 Å². The summed E-state index contributed by atoms with van der Waals surface area (Å²) < 4.78 is 35.8. The van der Waals surface area contributed by atoms with Crippen LogP contribution in [0.2, 0.25) is 0 Å². The maximum absolute atomic E-state index is 11.2. The molecule has 3 fully saturated rings. The first-order chi connectivity index (χ1) is 27.1. The molecule has 10 atom stereocenters. The first-order valence-corrected chi connectivity index (χ1v) is 23.3. The van der Waals surface area contributed by atoms with E-state index in [1.807, 2.05) is 0 Å². The van der Waals surface area contributed by atoms with Gasteiger partial charge in [0.1, 0.15) is 48.8 Å². The van der Waals surface area contributed by atoms with Crippen molar-refractivity contribution in [3.63, 3.8) is 0 Å². The van der Waals surface area contributed by atoms with E-state index in [4.69, 9.17) is 28.4 Å². The van der Waals surface area contributed by atoms with E-state index < -0.39 is 80.4 Å². The standard InChI is InChI=1S/C45H86O11/c1-5-7-9-11-13-15-17-19-21-23-25-27-29-34(30-28-26-24-22-20-18-16-14-12-10-8-6-2)33-51-43-38(49)37(48)40(35(31-46)52-43)54-44-39(50)42-41(36(32-47)53-44)55-45(3,4)56-42/h34-44,46-50H,5-33H2,1-4H3/t35-,36-,37-,38-,39-,40-,41+,42-,43-,44+/m1/s1. The number of unbranched alkanes of at least 4 members (excludes halogenated alkanes) is 22. The number of aliphatic hydroxyl groups is 5. The molecule has 3 aliphatic heterocycles. The van der Waals surface area contributed by atoms with Gasteiger partial charge in [0.25, 0.3) is 0 Å². The summed E-state index contributed by atoms with van der Waals surface area (Å²) in [5.41, 5.74) is 0. The SMILES string of the molecule is CCCCCCCCCCCCCCC(CCCCCCCCCCCCCC)CO[C@@H]1O[C@H](CO)[C@@H](O[C@@H]2O[C@H](CO)[C@@H]3OC(C)(C)O[C@@H]3[C@H]2O)[C@H](O)[C@H]1O. The second-order valence-electron chi connectivity index (χ2n) is 17.6. The molecule has 0 aliphatic carbocycles. The molecule has 0 saturated carbocycles. The topological polar surface area (TPSA) is 157 Å². The highest BCUT2D eigenvalue weighted by molar-refractivity contribution is 4.98. The molecule has 0 radical (unpaired) electrons. The molecular formula is C45H86O11. The zero-order valence-corrected chi connectivity index (χ0v) is 36.0. The zero-order chi connectivity index (χ0) is 40.6. The average molecular weight is 803 g/mol. The molecule has 0 aromatic heterocycles. The van der Waals surface area contributed by atoms with Gasteiger partial charge < -0.3 is 54.0 Å². The van der Waals surface area contributed by atoms with Gasteiger partial charge in [-0.3, -0.25) is 0 Å². The quantitative estimate of drug-likeness (QED) is 0.0408. The Hall–Kier alpha value is -0.440. The van der Waals surface area contributed by atoms with Gasteiger partial charge in [0.05, 0.1) is 19.8 Å². The van der Waals surface area contributed by atoms with Crippen molar-refractivity contribution in [2.45, 2.75) is 262 Å². The molecule has 0 unspecified atom stereocenters. The predicted octanol–water partition coefficient (Wildman–Crippen LogP) is 8.22. The minimum Gasteiger partial charge on any atom is -0.394 e. The van der Waals surface area contributed by atoms with Gasteiger partial charge in [-0.25, -0.2) is 0 Å². The molecule has 11 heteroatoms. The van der Waals surface area contributed by atoms with E-state index in [0.29, 0.717) is 12.5 Å². The van der Waals surface area contributed by atoms with Crippen molar-refractivity contribution in [2.24, 2.45) is 5.92 Å². The van der Waals surface area contributed by atoms with Crippen molar-refractivity contribution in [1.82, 2.24) is 0 Å². The van der Waals surface area contributed by atoms with Gasteiger partial charge in [0.15, 0.2) is 18.4 Å². The van der Waals surface area contributed by atoms with Crippen LogP contribution in [0.3, 0.4) is 0 Å². The molecule has 0 aromatic rings. The number of hydrogen-bond donors (Lipinski definition) is 5. The summed E-state index contributed by atoms with van der Waals surface area (Å²) in [7, 11) is 0. The van der Waals surface area contributed by atoms with E-state index in [-0.39, 0.29) is 0 Å². The highest BCUT2D eigenvalue weighted by Crippen LogP contribution is 2.39. The van der Waals surface area contributed by atoms with E-state index in [0.717, 1.165) is 25.7 Å². The van der Waals surface area contributed by atoms with Gasteiger partial charge in [-0.2, -0.15) is 0 Å². The smallest absolute Gasteiger partial charge is 0.187 e. The fourth-order valence-corrected chi connectivity index (χ4v) is 8.72. The lowest BCUT2D eigenvalue weighted by molar-refractivity contribution is -0.354. The first-order valence-electron chi connectivity index (χ1n) is 23.3. The summed E-state index contributed by atoms with van der Waals surface area (Å²) in [6, 6.07) is 0. The molecule has 5 N–H and O–H groups in total. The maximum Gasteiger partial charge on any atom is 0.187 e. The maximum atomic E-state index is 11.2. The Bertz CT molecular complexity index is 925. The van der Waals surface area contributed by atoms with Crippen molar-refractivity contribution in [1.29, 1.82) is 0 Å². The highest BCUT2D eigenvalue weighted by Gasteiger charge is 2.57. The van der Waals surface area contributed by atoms with Crippen LogP contribution in [-0.4, -0.2) is 113 Å². The lowest BCUT2D eigenvalue weighted by Gasteiger charge is -2.45. The predicted molar refractivity (Wildman–Crippen MR) is 219 cm³/mol. The van der Waals surface area contributed by atoms with Gasteiger partial charge in [-0.15, -0.1) is 0 Å². The minimum atomic E-state index is -1.49. The van der Waals surface area contributed by atoms with Crippen molar-refractivity contribution in [3.8, 4) is 0 Å². The molecule has 3 aliphatic rings. The third kappa shape index (κ3) is 18.0. The lowest BCUT2D eigenvalue weighted by Crippen LogP contribution is -2.64. The van der Waals surface area contributed by atoms with Crippen LogP contribution in [-0.2, 0) is 28.4 Å². The van der Waals surface area contributed by atoms with E-state index in [9.17, 15) is 25.5 Å². The van der Waals surface area contributed by atoms with Crippen LogP contribution in [0.5, 0.6) is 0 Å². The monoisotopic (exact) mass is 803 g/mol. The van der Waals surface area contributed by atoms with Gasteiger partial charge in [-0.05, 0) is 32.6 Å². The van der Waals surface area contributed by atoms with Crippen LogP contribution in [0.25, 0.3) is 0 Å². The van der Waals surface area contributed by atoms with Crippen LogP contribution in [0, 0.1) is 5.92 Å². The molecule has 0 amide bonds. The highest BCUT2D eigenvalue weighted by atomic mass is 16.8. The number of fused-ring (bicyclic) bond motifs is 1. The molecule has 3 rings (SSSR count). The Kier molecular flexibility index (Phi) is 25.8. The Morgan fingerprint density at radius 3 is 1.36 bits per heavy atom. The third-order valence-electron chi connectivity index (χ3n) is 12.2. The second-order valence-corrected chi connectivity index (χ2v) is 17.6. The van der Waals surface area contributed by atoms with Crippen LogP contribution in [0.15, 0.2) is 0 Å². The van der Waals surface area contributed by atoms with E-state index in [2.05, 4.69) is 13.8 Å². The summed E-state index contributed by atoms with van der Waals surface area (Å²) in [5, 5.41) is 53.8. The molecule has 3 heterocycles. The second kappa shape index (κ2) is 28.9. The molecule has 3 saturated heterocycles. The molecule has 0 aromatic carbocycles. The molecule has 0 spiro atoms. The minimum absolute atomic E-state index is 0.308. The summed E-state index contributed by atoms with van der Waals surface area (Å²) in [6.07, 6.45) is 22.1. The first kappa shape index (κ1) is 49.9. The normalized spacial score (nSPS) is 30.3. The van der Waals surface area contributed by atoms with Crippen LogP contribution in [0.4, 0.5) is 0 Å². The average Bonchev–Trinajstić information content (AvgIpc) is 3.53. The molecule has 56 heavy (non-hydrogen) atoms. The molecular weight excluding hydrogens is 716 g/mol. The zero-order valence-electron chi connectivity index (χ0n) is 36.0. The Morgan fingerprint density at radius 1 is 0.500 bits per heavy atom. The fraction of sp³-hybridized carbons (Fsp3) is 1.00. The fourth-order valence-electron chi connectivity index (χ4n) is 8.72. The summed E-state index contributed by atoms with van der Waals surface area (Å²) in [4.78, 5) is 0. The van der Waals surface area contributed by atoms with Crippen LogP contribution < -0.4 is 0 Å². The summed E-state index contributed by atoms with van der Waals surface area (Å²) in [5.74, 6) is -0.690. The van der Waals surface area contributed by atoms with Crippen molar-refractivity contribution < 1.29 is 54.0 Å². The van der Waals surface area contributed by atoms with Gasteiger partial charge in [-0.1, -0.05) is 168 Å². The number of hydrogen-bond acceptors (Lipinski definition) is 11.